The zero-order valence-corrected chi connectivity index (χ0v) is 12.8. The van der Waals surface area contributed by atoms with Gasteiger partial charge in [-0.1, -0.05) is 0 Å². The Bertz CT molecular complexity index is 117. The summed E-state index contributed by atoms with van der Waals surface area (Å²) in [4.78, 5) is 0. The van der Waals surface area contributed by atoms with Gasteiger partial charge in [-0.3, -0.25) is 0 Å². The molecule has 0 bridgehead atoms. The Hall–Kier alpha value is -0.0169. The Balaban J connectivity index is -0.0000000637. The van der Waals surface area contributed by atoms with Gasteiger partial charge in [0.1, 0.15) is 0 Å². The monoisotopic (exact) mass is 305 g/mol. The zero-order valence-electron chi connectivity index (χ0n) is 10.3. The molecule has 3 nitrogen and oxygen atoms in total. The van der Waals surface area contributed by atoms with Crippen LogP contribution in [0.15, 0.2) is 30.3 Å². The first-order valence-electron chi connectivity index (χ1n) is 4.98. The van der Waals surface area contributed by atoms with E-state index in [1.807, 2.05) is 30.3 Å². The summed E-state index contributed by atoms with van der Waals surface area (Å²) in [5.74, 6) is 0. The van der Waals surface area contributed by atoms with Crippen molar-refractivity contribution in [2.75, 3.05) is 19.8 Å². The van der Waals surface area contributed by atoms with Gasteiger partial charge in [-0.25, -0.2) is 0 Å². The van der Waals surface area contributed by atoms with Crippen LogP contribution >= 0.6 is 0 Å². The number of hydrogen-bond donors (Lipinski definition) is 3. The average Bonchev–Trinajstić information content (AvgIpc) is 2.24. The van der Waals surface area contributed by atoms with Crippen LogP contribution in [0.5, 0.6) is 0 Å². The number of aliphatic hydroxyl groups excluding tert-OH is 3. The third-order valence-corrected chi connectivity index (χ3v) is 0.607. The molecule has 16 heavy (non-hydrogen) atoms. The Labute approximate surface area is 118 Å². The van der Waals surface area contributed by atoms with Gasteiger partial charge in [-0.05, 0) is 20.8 Å². The second-order valence-electron chi connectivity index (χ2n) is 2.03. The topological polar surface area (TPSA) is 60.7 Å². The average molecular weight is 307 g/mol. The fraction of sp³-hybridized carbons (Fsp3) is 0.500. The van der Waals surface area contributed by atoms with Crippen LogP contribution in [0.25, 0.3) is 0 Å². The van der Waals surface area contributed by atoms with E-state index in [9.17, 15) is 0 Å². The Kier molecular flexibility index (Phi) is 56.7. The van der Waals surface area contributed by atoms with Crippen LogP contribution in [0.1, 0.15) is 20.8 Å². The van der Waals surface area contributed by atoms with Crippen molar-refractivity contribution in [1.82, 2.24) is 0 Å². The normalized spacial score (nSPS) is 6.38. The summed E-state index contributed by atoms with van der Waals surface area (Å²) in [6.07, 6.45) is 0. The molecule has 0 atom stereocenters. The van der Waals surface area contributed by atoms with Gasteiger partial charge in [0.05, 0.1) is 0 Å². The zero-order chi connectivity index (χ0) is 12.4. The molecule has 0 aromatic heterocycles. The summed E-state index contributed by atoms with van der Waals surface area (Å²) in [5, 5.41) is 22.7. The smallest absolute Gasteiger partial charge is 0.0402 e. The standard InChI is InChI=1S/C6H5.3C2H6O.Zr/c1-2-4-6-5-3-1;3*1-2-3;/h1-5H;3*3H,2H2,1H3;/q-1;;;;. The first kappa shape index (κ1) is 25.0. The van der Waals surface area contributed by atoms with Crippen LogP contribution in [0, 0.1) is 6.07 Å². The number of rotatable bonds is 0. The van der Waals surface area contributed by atoms with Gasteiger partial charge in [0.25, 0.3) is 0 Å². The fourth-order valence-electron chi connectivity index (χ4n) is 0.342. The first-order valence-corrected chi connectivity index (χ1v) is 4.98. The first-order chi connectivity index (χ1) is 7.24. The van der Waals surface area contributed by atoms with E-state index in [1.165, 1.54) is 0 Å². The summed E-state index contributed by atoms with van der Waals surface area (Å²) in [6, 6.07) is 12.5. The fourth-order valence-corrected chi connectivity index (χ4v) is 0.342. The minimum Gasteiger partial charge on any atom is -0.397 e. The van der Waals surface area contributed by atoms with Crippen molar-refractivity contribution in [3.8, 4) is 0 Å². The van der Waals surface area contributed by atoms with Crippen molar-refractivity contribution < 1.29 is 41.5 Å². The molecule has 0 spiro atoms. The second-order valence-corrected chi connectivity index (χ2v) is 2.03. The van der Waals surface area contributed by atoms with Gasteiger partial charge in [0, 0.05) is 46.0 Å². The maximum atomic E-state index is 7.57. The van der Waals surface area contributed by atoms with E-state index in [1.54, 1.807) is 20.8 Å². The molecule has 0 heterocycles. The molecule has 1 rings (SSSR count). The van der Waals surface area contributed by atoms with Crippen LogP contribution in [0.4, 0.5) is 0 Å². The Morgan fingerprint density at radius 1 is 0.750 bits per heavy atom. The van der Waals surface area contributed by atoms with Crippen molar-refractivity contribution in [1.29, 1.82) is 0 Å². The third kappa shape index (κ3) is 65.8. The van der Waals surface area contributed by atoms with Crippen molar-refractivity contribution in [2.45, 2.75) is 20.8 Å². The van der Waals surface area contributed by atoms with E-state index < -0.39 is 0 Å². The van der Waals surface area contributed by atoms with E-state index in [0.29, 0.717) is 0 Å². The minimum atomic E-state index is 0. The van der Waals surface area contributed by atoms with E-state index in [-0.39, 0.29) is 46.0 Å². The van der Waals surface area contributed by atoms with Crippen molar-refractivity contribution in [3.63, 3.8) is 0 Å². The molecule has 0 aliphatic rings. The Morgan fingerprint density at radius 3 is 1.06 bits per heavy atom. The molecule has 3 N–H and O–H groups in total. The van der Waals surface area contributed by atoms with Crippen LogP contribution < -0.4 is 0 Å². The van der Waals surface area contributed by atoms with Crippen LogP contribution in [0.2, 0.25) is 0 Å². The maximum Gasteiger partial charge on any atom is 0.0402 e. The maximum absolute atomic E-state index is 7.57. The SMILES string of the molecule is CCO.CCO.CCO.[Zr].[c-]1ccccc1. The van der Waals surface area contributed by atoms with Gasteiger partial charge >= 0.3 is 0 Å². The summed E-state index contributed by atoms with van der Waals surface area (Å²) < 4.78 is 0. The van der Waals surface area contributed by atoms with Gasteiger partial charge in [0.15, 0.2) is 0 Å². The number of aliphatic hydroxyl groups is 3. The second kappa shape index (κ2) is 36.3. The van der Waals surface area contributed by atoms with E-state index >= 15 is 0 Å². The molecular weight excluding hydrogens is 283 g/mol. The van der Waals surface area contributed by atoms with Crippen molar-refractivity contribution in [2.24, 2.45) is 0 Å². The number of hydrogen-bond acceptors (Lipinski definition) is 3. The summed E-state index contributed by atoms with van der Waals surface area (Å²) >= 11 is 0. The summed E-state index contributed by atoms with van der Waals surface area (Å²) in [6.45, 7) is 5.79. The summed E-state index contributed by atoms with van der Waals surface area (Å²) in [5.41, 5.74) is 0. The van der Waals surface area contributed by atoms with Crippen molar-refractivity contribution >= 4 is 0 Å². The molecule has 0 aliphatic carbocycles. The van der Waals surface area contributed by atoms with Gasteiger partial charge < -0.3 is 15.3 Å². The molecule has 0 unspecified atom stereocenters. The molecular formula is C12H23O3Zr-. The molecule has 1 aromatic carbocycles. The van der Waals surface area contributed by atoms with Crippen LogP contribution in [0.3, 0.4) is 0 Å². The molecule has 0 amide bonds. The summed E-state index contributed by atoms with van der Waals surface area (Å²) in [7, 11) is 0. The van der Waals surface area contributed by atoms with Crippen molar-refractivity contribution in [3.05, 3.63) is 36.4 Å². The predicted molar refractivity (Wildman–Crippen MR) is 63.6 cm³/mol. The quantitative estimate of drug-likeness (QED) is 0.636. The van der Waals surface area contributed by atoms with E-state index in [4.69, 9.17) is 15.3 Å². The van der Waals surface area contributed by atoms with E-state index in [2.05, 4.69) is 6.07 Å². The largest absolute Gasteiger partial charge is 0.397 e. The van der Waals surface area contributed by atoms with Gasteiger partial charge in [-0.2, -0.15) is 36.4 Å². The van der Waals surface area contributed by atoms with Crippen LogP contribution in [-0.4, -0.2) is 35.1 Å². The van der Waals surface area contributed by atoms with Gasteiger partial charge in [0.2, 0.25) is 0 Å². The molecule has 94 valence electrons. The molecule has 0 aliphatic heterocycles. The molecule has 4 heteroatoms. The number of benzene rings is 1. The molecule has 1 aromatic rings. The van der Waals surface area contributed by atoms with Crippen LogP contribution in [-0.2, 0) is 26.2 Å². The molecule has 0 radical (unpaired) electrons. The van der Waals surface area contributed by atoms with Gasteiger partial charge in [-0.15, -0.1) is 0 Å². The molecule has 0 saturated carbocycles. The Morgan fingerprint density at radius 2 is 1.00 bits per heavy atom. The molecule has 0 fully saturated rings. The minimum absolute atomic E-state index is 0. The third-order valence-electron chi connectivity index (χ3n) is 0.607. The predicted octanol–water partition coefficient (Wildman–Crippen LogP) is 1.48. The van der Waals surface area contributed by atoms with E-state index in [0.717, 1.165) is 0 Å². The molecule has 0 saturated heterocycles.